The van der Waals surface area contributed by atoms with Crippen LogP contribution in [0.15, 0.2) is 47.6 Å². The number of benzene rings is 2. The summed E-state index contributed by atoms with van der Waals surface area (Å²) in [7, 11) is 0. The molecule has 1 amide bonds. The number of nitrogens with one attached hydrogen (secondary N) is 2. The van der Waals surface area contributed by atoms with Crippen LogP contribution in [0.4, 0.5) is 5.69 Å². The molecule has 0 bridgehead atoms. The van der Waals surface area contributed by atoms with E-state index in [4.69, 9.17) is 11.6 Å². The molecule has 140 valence electrons. The highest BCUT2D eigenvalue weighted by Crippen LogP contribution is 2.27. The second-order valence-corrected chi connectivity index (χ2v) is 8.82. The summed E-state index contributed by atoms with van der Waals surface area (Å²) in [4.78, 5) is 16.8. The molecule has 8 heteroatoms. The minimum Gasteiger partial charge on any atom is -0.325 e. The molecule has 0 aliphatic rings. The van der Waals surface area contributed by atoms with E-state index in [1.807, 2.05) is 24.3 Å². The van der Waals surface area contributed by atoms with Gasteiger partial charge in [0.2, 0.25) is 11.1 Å². The fourth-order valence-corrected chi connectivity index (χ4v) is 3.73. The van der Waals surface area contributed by atoms with Crippen molar-refractivity contribution in [3.05, 3.63) is 56.6 Å². The van der Waals surface area contributed by atoms with Crippen molar-refractivity contribution in [2.24, 2.45) is 0 Å². The van der Waals surface area contributed by atoms with Crippen molar-refractivity contribution in [1.29, 1.82) is 0 Å². The summed E-state index contributed by atoms with van der Waals surface area (Å²) in [6, 6.07) is 13.4. The molecule has 0 saturated heterocycles. The third kappa shape index (κ3) is 5.46. The SMILES string of the molecule is CC(C)c1cc(I)ccc1NC(=O)CSc1n[nH]c(-c2ccc(Cl)cc2)n1. The highest BCUT2D eigenvalue weighted by Gasteiger charge is 2.12. The van der Waals surface area contributed by atoms with E-state index in [2.05, 4.69) is 63.0 Å². The van der Waals surface area contributed by atoms with Crippen LogP contribution in [0, 0.1) is 3.57 Å². The van der Waals surface area contributed by atoms with Gasteiger partial charge < -0.3 is 5.32 Å². The van der Waals surface area contributed by atoms with E-state index in [1.165, 1.54) is 11.8 Å². The number of thioether (sulfide) groups is 1. The van der Waals surface area contributed by atoms with Crippen LogP contribution < -0.4 is 5.32 Å². The maximum atomic E-state index is 12.3. The molecule has 0 fully saturated rings. The molecule has 3 rings (SSSR count). The van der Waals surface area contributed by atoms with Gasteiger partial charge in [0.05, 0.1) is 5.75 Å². The Hall–Kier alpha value is -1.58. The number of rotatable bonds is 6. The number of carbonyl (C=O) groups excluding carboxylic acids is 1. The Morgan fingerprint density at radius 2 is 2.00 bits per heavy atom. The zero-order valence-electron chi connectivity index (χ0n) is 14.8. The Kier molecular flexibility index (Phi) is 6.78. The van der Waals surface area contributed by atoms with Crippen LogP contribution >= 0.6 is 46.0 Å². The molecule has 0 unspecified atom stereocenters. The number of anilines is 1. The maximum absolute atomic E-state index is 12.3. The Morgan fingerprint density at radius 1 is 1.26 bits per heavy atom. The number of nitrogens with zero attached hydrogens (tertiary/aromatic N) is 2. The first kappa shape index (κ1) is 20.2. The van der Waals surface area contributed by atoms with Crippen molar-refractivity contribution in [3.8, 4) is 11.4 Å². The number of amides is 1. The summed E-state index contributed by atoms with van der Waals surface area (Å²) in [5, 5.41) is 11.2. The van der Waals surface area contributed by atoms with Crippen LogP contribution in [-0.4, -0.2) is 26.8 Å². The number of aromatic amines is 1. The topological polar surface area (TPSA) is 70.7 Å². The molecule has 27 heavy (non-hydrogen) atoms. The fourth-order valence-electron chi connectivity index (χ4n) is 2.49. The van der Waals surface area contributed by atoms with E-state index in [-0.39, 0.29) is 11.7 Å². The smallest absolute Gasteiger partial charge is 0.234 e. The predicted octanol–water partition coefficient (Wildman–Crippen LogP) is 5.58. The van der Waals surface area contributed by atoms with Crippen molar-refractivity contribution in [2.75, 3.05) is 11.1 Å². The van der Waals surface area contributed by atoms with Gasteiger partial charge in [-0.15, -0.1) is 5.10 Å². The first-order valence-corrected chi connectivity index (χ1v) is 10.8. The largest absolute Gasteiger partial charge is 0.325 e. The third-order valence-corrected chi connectivity index (χ3v) is 5.59. The van der Waals surface area contributed by atoms with Gasteiger partial charge in [-0.2, -0.15) is 0 Å². The second-order valence-electron chi connectivity index (χ2n) is 6.20. The van der Waals surface area contributed by atoms with Crippen molar-refractivity contribution in [1.82, 2.24) is 15.2 Å². The van der Waals surface area contributed by atoms with Gasteiger partial charge in [0.25, 0.3) is 0 Å². The average molecular weight is 513 g/mol. The summed E-state index contributed by atoms with van der Waals surface area (Å²) in [6.45, 7) is 4.23. The van der Waals surface area contributed by atoms with E-state index in [0.29, 0.717) is 21.9 Å². The number of hydrogen-bond donors (Lipinski definition) is 2. The van der Waals surface area contributed by atoms with Crippen LogP contribution in [0.25, 0.3) is 11.4 Å². The van der Waals surface area contributed by atoms with Gasteiger partial charge >= 0.3 is 0 Å². The van der Waals surface area contributed by atoms with Gasteiger partial charge in [0, 0.05) is 19.8 Å². The molecule has 3 aromatic rings. The quantitative estimate of drug-likeness (QED) is 0.334. The highest BCUT2D eigenvalue weighted by atomic mass is 127. The van der Waals surface area contributed by atoms with Gasteiger partial charge in [-0.05, 0) is 76.5 Å². The molecule has 5 nitrogen and oxygen atoms in total. The number of aromatic nitrogens is 3. The van der Waals surface area contributed by atoms with E-state index >= 15 is 0 Å². The molecule has 0 spiro atoms. The zero-order chi connectivity index (χ0) is 19.4. The van der Waals surface area contributed by atoms with E-state index in [0.717, 1.165) is 20.4 Å². The standard InChI is InChI=1S/C19H18ClIN4OS/c1-11(2)15-9-14(21)7-8-16(15)22-17(26)10-27-19-23-18(24-25-19)12-3-5-13(20)6-4-12/h3-9,11H,10H2,1-2H3,(H,22,26)(H,23,24,25). The van der Waals surface area contributed by atoms with Crippen LogP contribution in [0.5, 0.6) is 0 Å². The average Bonchev–Trinajstić information content (AvgIpc) is 3.11. The van der Waals surface area contributed by atoms with Crippen molar-refractivity contribution < 1.29 is 4.79 Å². The molecule has 2 aromatic carbocycles. The lowest BCUT2D eigenvalue weighted by Gasteiger charge is -2.14. The lowest BCUT2D eigenvalue weighted by Crippen LogP contribution is -2.15. The summed E-state index contributed by atoms with van der Waals surface area (Å²) >= 11 is 9.47. The van der Waals surface area contributed by atoms with Crippen molar-refractivity contribution >= 4 is 57.5 Å². The van der Waals surface area contributed by atoms with Crippen LogP contribution in [0.3, 0.4) is 0 Å². The number of H-pyrrole nitrogens is 1. The predicted molar refractivity (Wildman–Crippen MR) is 119 cm³/mol. The summed E-state index contributed by atoms with van der Waals surface area (Å²) in [5.41, 5.74) is 2.87. The molecule has 0 aliphatic carbocycles. The Bertz CT molecular complexity index is 943. The normalized spacial score (nSPS) is 11.0. The molecule has 0 aliphatic heterocycles. The number of carbonyl (C=O) groups is 1. The van der Waals surface area contributed by atoms with Gasteiger partial charge in [0.15, 0.2) is 5.82 Å². The van der Waals surface area contributed by atoms with E-state index < -0.39 is 0 Å². The first-order chi connectivity index (χ1) is 12.9. The minimum absolute atomic E-state index is 0.0825. The molecule has 1 aromatic heterocycles. The molecular formula is C19H18ClIN4OS. The number of hydrogen-bond acceptors (Lipinski definition) is 4. The van der Waals surface area contributed by atoms with E-state index in [9.17, 15) is 4.79 Å². The van der Waals surface area contributed by atoms with Gasteiger partial charge in [0.1, 0.15) is 0 Å². The summed E-state index contributed by atoms with van der Waals surface area (Å²) in [5.74, 6) is 1.13. The van der Waals surface area contributed by atoms with Crippen molar-refractivity contribution in [2.45, 2.75) is 24.9 Å². The van der Waals surface area contributed by atoms with E-state index in [1.54, 1.807) is 12.1 Å². The molecule has 0 saturated carbocycles. The zero-order valence-corrected chi connectivity index (χ0v) is 18.5. The Labute approximate surface area is 180 Å². The van der Waals surface area contributed by atoms with Crippen LogP contribution in [-0.2, 0) is 4.79 Å². The molecule has 2 N–H and O–H groups in total. The highest BCUT2D eigenvalue weighted by molar-refractivity contribution is 14.1. The lowest BCUT2D eigenvalue weighted by atomic mass is 10.0. The second kappa shape index (κ2) is 9.07. The minimum atomic E-state index is -0.0825. The van der Waals surface area contributed by atoms with Gasteiger partial charge in [-0.1, -0.05) is 37.2 Å². The third-order valence-electron chi connectivity index (χ3n) is 3.82. The van der Waals surface area contributed by atoms with Gasteiger partial charge in [-0.3, -0.25) is 9.89 Å². The fraction of sp³-hybridized carbons (Fsp3) is 0.211. The monoisotopic (exact) mass is 512 g/mol. The van der Waals surface area contributed by atoms with Crippen LogP contribution in [0.2, 0.25) is 5.02 Å². The van der Waals surface area contributed by atoms with Crippen LogP contribution in [0.1, 0.15) is 25.3 Å². The van der Waals surface area contributed by atoms with Gasteiger partial charge in [-0.25, -0.2) is 4.98 Å². The Morgan fingerprint density at radius 3 is 2.70 bits per heavy atom. The first-order valence-electron chi connectivity index (χ1n) is 8.33. The number of halogens is 2. The molecule has 0 radical (unpaired) electrons. The molecule has 0 atom stereocenters. The molecule has 1 heterocycles. The molecular weight excluding hydrogens is 495 g/mol. The maximum Gasteiger partial charge on any atom is 0.234 e. The summed E-state index contributed by atoms with van der Waals surface area (Å²) in [6.07, 6.45) is 0. The lowest BCUT2D eigenvalue weighted by molar-refractivity contribution is -0.113. The van der Waals surface area contributed by atoms with Crippen molar-refractivity contribution in [3.63, 3.8) is 0 Å². The summed E-state index contributed by atoms with van der Waals surface area (Å²) < 4.78 is 1.15. The Balaban J connectivity index is 1.61.